The molecule has 0 saturated heterocycles. The number of esters is 1. The fourth-order valence-corrected chi connectivity index (χ4v) is 1.74. The predicted octanol–water partition coefficient (Wildman–Crippen LogP) is 1.41. The van der Waals surface area contributed by atoms with Crippen LogP contribution in [-0.2, 0) is 21.9 Å². The van der Waals surface area contributed by atoms with Crippen molar-refractivity contribution in [1.82, 2.24) is 4.98 Å². The number of rotatable bonds is 1. The highest BCUT2D eigenvalue weighted by Crippen LogP contribution is 2.37. The van der Waals surface area contributed by atoms with Gasteiger partial charge in [0.15, 0.2) is 0 Å². The highest BCUT2D eigenvalue weighted by molar-refractivity contribution is 5.92. The molecular formula is C10H9F2NO3. The molecule has 2 rings (SSSR count). The van der Waals surface area contributed by atoms with Gasteiger partial charge in [-0.3, -0.25) is 4.79 Å². The summed E-state index contributed by atoms with van der Waals surface area (Å²) in [4.78, 5) is 24.7. The molecule has 1 N–H and O–H groups in total. The summed E-state index contributed by atoms with van der Waals surface area (Å²) in [6, 6.07) is 0.984. The van der Waals surface area contributed by atoms with E-state index in [4.69, 9.17) is 0 Å². The first-order chi connectivity index (χ1) is 7.46. The third-order valence-corrected chi connectivity index (χ3v) is 2.60. The lowest BCUT2D eigenvalue weighted by Crippen LogP contribution is -2.30. The average molecular weight is 229 g/mol. The summed E-state index contributed by atoms with van der Waals surface area (Å²) in [5, 5.41) is 0. The minimum Gasteiger partial charge on any atom is -0.464 e. The number of carbonyl (C=O) groups excluding carboxylic acids is 2. The molecule has 16 heavy (non-hydrogen) atoms. The van der Waals surface area contributed by atoms with Crippen LogP contribution in [-0.4, -0.2) is 23.8 Å². The molecule has 1 aromatic rings. The average Bonchev–Trinajstić information content (AvgIpc) is 2.68. The van der Waals surface area contributed by atoms with Gasteiger partial charge >= 0.3 is 11.9 Å². The number of methoxy groups -OCH3 is 1. The van der Waals surface area contributed by atoms with Gasteiger partial charge in [0.25, 0.3) is 0 Å². The van der Waals surface area contributed by atoms with Crippen molar-refractivity contribution in [2.45, 2.75) is 18.8 Å². The molecule has 0 atom stereocenters. The molecule has 0 radical (unpaired) electrons. The highest BCUT2D eigenvalue weighted by Gasteiger charge is 2.46. The summed E-state index contributed by atoms with van der Waals surface area (Å²) in [6.45, 7) is 0. The zero-order valence-electron chi connectivity index (χ0n) is 8.47. The fraction of sp³-hybridized carbons (Fsp3) is 0.400. The molecule has 0 saturated carbocycles. The standard InChI is InChI=1S/C10H9F2NO3/c1-16-9(15)7-4-5-6(13-7)2-3-8(14)10(5,11)12/h4,13H,2-3H2,1H3. The van der Waals surface area contributed by atoms with Crippen LogP contribution in [0.2, 0.25) is 0 Å². The van der Waals surface area contributed by atoms with E-state index < -0.39 is 23.2 Å². The van der Waals surface area contributed by atoms with Crippen LogP contribution >= 0.6 is 0 Å². The molecule has 0 fully saturated rings. The molecule has 86 valence electrons. The number of hydrogen-bond donors (Lipinski definition) is 1. The summed E-state index contributed by atoms with van der Waals surface area (Å²) in [6.07, 6.45) is -0.0259. The zero-order valence-corrected chi connectivity index (χ0v) is 8.47. The summed E-state index contributed by atoms with van der Waals surface area (Å²) in [5.41, 5.74) is -0.240. The van der Waals surface area contributed by atoms with Crippen molar-refractivity contribution in [3.8, 4) is 0 Å². The number of H-pyrrole nitrogens is 1. The minimum absolute atomic E-state index is 0.0538. The molecule has 0 aromatic carbocycles. The van der Waals surface area contributed by atoms with Gasteiger partial charge in [-0.1, -0.05) is 0 Å². The number of aromatic nitrogens is 1. The Bertz CT molecular complexity index is 465. The van der Waals surface area contributed by atoms with E-state index >= 15 is 0 Å². The van der Waals surface area contributed by atoms with Gasteiger partial charge in [-0.05, 0) is 12.5 Å². The molecule has 0 spiro atoms. The quantitative estimate of drug-likeness (QED) is 0.740. The number of ketones is 1. The van der Waals surface area contributed by atoms with Crippen LogP contribution in [0.15, 0.2) is 6.07 Å². The Hall–Kier alpha value is -1.72. The van der Waals surface area contributed by atoms with Crippen molar-refractivity contribution in [3.05, 3.63) is 23.0 Å². The number of ether oxygens (including phenoxy) is 1. The minimum atomic E-state index is -3.50. The maximum Gasteiger partial charge on any atom is 0.354 e. The molecular weight excluding hydrogens is 220 g/mol. The molecule has 0 unspecified atom stereocenters. The van der Waals surface area contributed by atoms with E-state index in [1.54, 1.807) is 0 Å². The summed E-state index contributed by atoms with van der Waals surface area (Å²) < 4.78 is 31.3. The molecule has 0 aliphatic heterocycles. The van der Waals surface area contributed by atoms with Gasteiger partial charge in [0, 0.05) is 12.1 Å². The van der Waals surface area contributed by atoms with Crippen LogP contribution in [0.25, 0.3) is 0 Å². The number of nitrogens with one attached hydrogen (secondary N) is 1. The number of carbonyl (C=O) groups is 2. The lowest BCUT2D eigenvalue weighted by Gasteiger charge is -2.20. The predicted molar refractivity (Wildman–Crippen MR) is 49.4 cm³/mol. The van der Waals surface area contributed by atoms with Crippen molar-refractivity contribution in [2.24, 2.45) is 0 Å². The molecule has 0 amide bonds. The Labute approximate surface area is 89.6 Å². The second-order valence-electron chi connectivity index (χ2n) is 3.56. The van der Waals surface area contributed by atoms with Crippen molar-refractivity contribution in [1.29, 1.82) is 0 Å². The van der Waals surface area contributed by atoms with Gasteiger partial charge in [0.1, 0.15) is 5.69 Å². The van der Waals surface area contributed by atoms with Crippen LogP contribution in [0, 0.1) is 0 Å². The van der Waals surface area contributed by atoms with Crippen LogP contribution in [0.1, 0.15) is 28.2 Å². The first-order valence-electron chi connectivity index (χ1n) is 4.68. The van der Waals surface area contributed by atoms with E-state index in [9.17, 15) is 18.4 Å². The van der Waals surface area contributed by atoms with Crippen molar-refractivity contribution in [2.75, 3.05) is 7.11 Å². The monoisotopic (exact) mass is 229 g/mol. The topological polar surface area (TPSA) is 59.2 Å². The molecule has 1 aliphatic carbocycles. The lowest BCUT2D eigenvalue weighted by atomic mass is 9.93. The Morgan fingerprint density at radius 2 is 2.19 bits per heavy atom. The Morgan fingerprint density at radius 1 is 1.50 bits per heavy atom. The van der Waals surface area contributed by atoms with E-state index in [-0.39, 0.29) is 24.2 Å². The largest absolute Gasteiger partial charge is 0.464 e. The van der Waals surface area contributed by atoms with Crippen LogP contribution in [0.5, 0.6) is 0 Å². The van der Waals surface area contributed by atoms with Gasteiger partial charge < -0.3 is 9.72 Å². The van der Waals surface area contributed by atoms with Gasteiger partial charge in [0.05, 0.1) is 12.7 Å². The van der Waals surface area contributed by atoms with E-state index in [1.807, 2.05) is 0 Å². The highest BCUT2D eigenvalue weighted by atomic mass is 19.3. The van der Waals surface area contributed by atoms with Gasteiger partial charge in [-0.25, -0.2) is 4.79 Å². The first kappa shape index (κ1) is 10.8. The maximum absolute atomic E-state index is 13.4. The Morgan fingerprint density at radius 3 is 2.81 bits per heavy atom. The van der Waals surface area contributed by atoms with Crippen molar-refractivity contribution in [3.63, 3.8) is 0 Å². The molecule has 1 aromatic heterocycles. The van der Waals surface area contributed by atoms with Crippen molar-refractivity contribution < 1.29 is 23.1 Å². The second-order valence-corrected chi connectivity index (χ2v) is 3.56. The number of alkyl halides is 2. The zero-order chi connectivity index (χ0) is 11.9. The van der Waals surface area contributed by atoms with Crippen LogP contribution < -0.4 is 0 Å². The number of aromatic amines is 1. The Balaban J connectivity index is 2.48. The van der Waals surface area contributed by atoms with Gasteiger partial charge in [-0.15, -0.1) is 0 Å². The normalized spacial score (nSPS) is 18.1. The van der Waals surface area contributed by atoms with Gasteiger partial charge in [0.2, 0.25) is 5.78 Å². The smallest absolute Gasteiger partial charge is 0.354 e. The number of aryl methyl sites for hydroxylation is 1. The molecule has 1 heterocycles. The fourth-order valence-electron chi connectivity index (χ4n) is 1.74. The molecule has 4 nitrogen and oxygen atoms in total. The molecule has 1 aliphatic rings. The van der Waals surface area contributed by atoms with E-state index in [0.717, 1.165) is 13.2 Å². The molecule has 0 bridgehead atoms. The summed E-state index contributed by atoms with van der Waals surface area (Å²) in [7, 11) is 1.16. The lowest BCUT2D eigenvalue weighted by molar-refractivity contribution is -0.145. The third kappa shape index (κ3) is 1.41. The number of hydrogen-bond acceptors (Lipinski definition) is 3. The summed E-state index contributed by atoms with van der Waals surface area (Å²) >= 11 is 0. The SMILES string of the molecule is COC(=O)c1cc2c([nH]1)CCC(=O)C2(F)F. The van der Waals surface area contributed by atoms with E-state index in [0.29, 0.717) is 0 Å². The summed E-state index contributed by atoms with van der Waals surface area (Å²) in [5.74, 6) is -5.34. The maximum atomic E-state index is 13.4. The number of halogens is 2. The van der Waals surface area contributed by atoms with Crippen LogP contribution in [0.3, 0.4) is 0 Å². The van der Waals surface area contributed by atoms with Gasteiger partial charge in [-0.2, -0.15) is 8.78 Å². The third-order valence-electron chi connectivity index (χ3n) is 2.60. The van der Waals surface area contributed by atoms with Crippen molar-refractivity contribution >= 4 is 11.8 Å². The van der Waals surface area contributed by atoms with Crippen LogP contribution in [0.4, 0.5) is 8.78 Å². The Kier molecular flexibility index (Phi) is 2.29. The second kappa shape index (κ2) is 3.40. The number of Topliss-reactive ketones (excluding diaryl/α,β-unsaturated/α-hetero) is 1. The molecule has 6 heteroatoms. The van der Waals surface area contributed by atoms with E-state index in [1.165, 1.54) is 0 Å². The number of fused-ring (bicyclic) bond motifs is 1. The first-order valence-corrected chi connectivity index (χ1v) is 4.68. The van der Waals surface area contributed by atoms with E-state index in [2.05, 4.69) is 9.72 Å².